The maximum absolute atomic E-state index is 12.1. The highest BCUT2D eigenvalue weighted by Crippen LogP contribution is 2.33. The maximum Gasteiger partial charge on any atom is 0.251 e. The molecule has 0 radical (unpaired) electrons. The number of hydrogen-bond donors (Lipinski definition) is 1. The molecule has 4 nitrogen and oxygen atoms in total. The zero-order chi connectivity index (χ0) is 12.5. The van der Waals surface area contributed by atoms with Crippen molar-refractivity contribution in [2.24, 2.45) is 5.92 Å². The minimum absolute atomic E-state index is 0.0358. The average Bonchev–Trinajstić information content (AvgIpc) is 3.22. The van der Waals surface area contributed by atoms with E-state index < -0.39 is 0 Å². The topological polar surface area (TPSA) is 47.6 Å². The van der Waals surface area contributed by atoms with Crippen LogP contribution in [0.2, 0.25) is 0 Å². The number of amides is 1. The Balaban J connectivity index is 1.72. The number of fused-ring (bicyclic) bond motifs is 1. The number of carbonyl (C=O) groups is 1. The third-order valence-electron chi connectivity index (χ3n) is 3.49. The van der Waals surface area contributed by atoms with Crippen LogP contribution in [0.25, 0.3) is 0 Å². The SMILES string of the molecule is C[C@H](NC(=O)c1ccc2c(c1)OCCO2)C1CC1. The van der Waals surface area contributed by atoms with Gasteiger partial charge in [-0.15, -0.1) is 0 Å². The van der Waals surface area contributed by atoms with Crippen molar-refractivity contribution in [3.05, 3.63) is 23.8 Å². The maximum atomic E-state index is 12.1. The Morgan fingerprint density at radius 1 is 1.28 bits per heavy atom. The molecular weight excluding hydrogens is 230 g/mol. The highest BCUT2D eigenvalue weighted by molar-refractivity contribution is 5.95. The van der Waals surface area contributed by atoms with E-state index in [9.17, 15) is 4.79 Å². The Morgan fingerprint density at radius 3 is 2.72 bits per heavy atom. The van der Waals surface area contributed by atoms with E-state index in [2.05, 4.69) is 12.2 Å². The van der Waals surface area contributed by atoms with Crippen LogP contribution in [0.1, 0.15) is 30.1 Å². The summed E-state index contributed by atoms with van der Waals surface area (Å²) in [6.45, 7) is 3.17. The molecule has 1 fully saturated rings. The Morgan fingerprint density at radius 2 is 2.00 bits per heavy atom. The zero-order valence-corrected chi connectivity index (χ0v) is 10.4. The van der Waals surface area contributed by atoms with Crippen LogP contribution in [0.5, 0.6) is 11.5 Å². The van der Waals surface area contributed by atoms with Crippen molar-refractivity contribution in [1.82, 2.24) is 5.32 Å². The largest absolute Gasteiger partial charge is 0.486 e. The lowest BCUT2D eigenvalue weighted by atomic mass is 10.1. The summed E-state index contributed by atoms with van der Waals surface area (Å²) in [5.41, 5.74) is 0.631. The summed E-state index contributed by atoms with van der Waals surface area (Å²) >= 11 is 0. The van der Waals surface area contributed by atoms with Gasteiger partial charge in [-0.2, -0.15) is 0 Å². The van der Waals surface area contributed by atoms with Crippen LogP contribution in [0, 0.1) is 5.92 Å². The molecule has 1 N–H and O–H groups in total. The molecule has 1 aliphatic carbocycles. The van der Waals surface area contributed by atoms with Crippen molar-refractivity contribution in [1.29, 1.82) is 0 Å². The van der Waals surface area contributed by atoms with Crippen molar-refractivity contribution in [3.8, 4) is 11.5 Å². The second kappa shape index (κ2) is 4.52. The molecule has 1 atom stereocenters. The first-order valence-corrected chi connectivity index (χ1v) is 6.44. The lowest BCUT2D eigenvalue weighted by molar-refractivity contribution is 0.0934. The number of nitrogens with one attached hydrogen (secondary N) is 1. The van der Waals surface area contributed by atoms with Crippen molar-refractivity contribution < 1.29 is 14.3 Å². The van der Waals surface area contributed by atoms with Gasteiger partial charge in [0.25, 0.3) is 5.91 Å². The van der Waals surface area contributed by atoms with Gasteiger partial charge in [0.1, 0.15) is 13.2 Å². The van der Waals surface area contributed by atoms with E-state index >= 15 is 0 Å². The number of ether oxygens (including phenoxy) is 2. The van der Waals surface area contributed by atoms with Crippen molar-refractivity contribution in [3.63, 3.8) is 0 Å². The molecule has 1 saturated carbocycles. The minimum Gasteiger partial charge on any atom is -0.486 e. The molecule has 18 heavy (non-hydrogen) atoms. The van der Waals surface area contributed by atoms with Gasteiger partial charge in [-0.05, 0) is 43.9 Å². The van der Waals surface area contributed by atoms with Gasteiger partial charge in [0.05, 0.1) is 0 Å². The fraction of sp³-hybridized carbons (Fsp3) is 0.500. The van der Waals surface area contributed by atoms with Crippen LogP contribution < -0.4 is 14.8 Å². The highest BCUT2D eigenvalue weighted by Gasteiger charge is 2.29. The summed E-state index contributed by atoms with van der Waals surface area (Å²) in [6.07, 6.45) is 2.45. The Kier molecular flexibility index (Phi) is 2.86. The first-order chi connectivity index (χ1) is 8.74. The highest BCUT2D eigenvalue weighted by atomic mass is 16.6. The molecule has 1 aromatic rings. The molecule has 96 valence electrons. The van der Waals surface area contributed by atoms with Gasteiger partial charge in [-0.1, -0.05) is 0 Å². The fourth-order valence-electron chi connectivity index (χ4n) is 2.19. The number of rotatable bonds is 3. The van der Waals surface area contributed by atoms with E-state index in [0.29, 0.717) is 36.2 Å². The van der Waals surface area contributed by atoms with Crippen molar-refractivity contribution >= 4 is 5.91 Å². The third kappa shape index (κ3) is 2.28. The van der Waals surface area contributed by atoms with Gasteiger partial charge >= 0.3 is 0 Å². The zero-order valence-electron chi connectivity index (χ0n) is 10.4. The molecule has 0 bridgehead atoms. The van der Waals surface area contributed by atoms with E-state index in [1.807, 2.05) is 0 Å². The van der Waals surface area contributed by atoms with Gasteiger partial charge in [-0.25, -0.2) is 0 Å². The molecule has 0 saturated heterocycles. The van der Waals surface area contributed by atoms with Gasteiger partial charge in [-0.3, -0.25) is 4.79 Å². The molecule has 4 heteroatoms. The molecule has 3 rings (SSSR count). The molecule has 1 aromatic carbocycles. The second-order valence-corrected chi connectivity index (χ2v) is 4.96. The summed E-state index contributed by atoms with van der Waals surface area (Å²) in [5.74, 6) is 2.00. The second-order valence-electron chi connectivity index (χ2n) is 4.96. The molecule has 1 heterocycles. The summed E-state index contributed by atoms with van der Waals surface area (Å²) in [7, 11) is 0. The predicted octanol–water partition coefficient (Wildman–Crippen LogP) is 1.99. The molecule has 0 unspecified atom stereocenters. The molecule has 2 aliphatic rings. The lowest BCUT2D eigenvalue weighted by Gasteiger charge is -2.19. The first-order valence-electron chi connectivity index (χ1n) is 6.44. The van der Waals surface area contributed by atoms with Gasteiger partial charge < -0.3 is 14.8 Å². The van der Waals surface area contributed by atoms with Crippen LogP contribution in [-0.4, -0.2) is 25.2 Å². The van der Waals surface area contributed by atoms with Gasteiger partial charge in [0.15, 0.2) is 11.5 Å². The van der Waals surface area contributed by atoms with E-state index in [0.717, 1.165) is 0 Å². The third-order valence-corrected chi connectivity index (χ3v) is 3.49. The summed E-state index contributed by atoms with van der Waals surface area (Å²) in [5, 5.41) is 3.03. The average molecular weight is 247 g/mol. The van der Waals surface area contributed by atoms with E-state index in [1.165, 1.54) is 12.8 Å². The fourth-order valence-corrected chi connectivity index (χ4v) is 2.19. The molecule has 0 spiro atoms. The Labute approximate surface area is 106 Å². The summed E-state index contributed by atoms with van der Waals surface area (Å²) in [6, 6.07) is 5.59. The normalized spacial score (nSPS) is 19.2. The van der Waals surface area contributed by atoms with Crippen molar-refractivity contribution in [2.45, 2.75) is 25.8 Å². The van der Waals surface area contributed by atoms with E-state index in [1.54, 1.807) is 18.2 Å². The van der Waals surface area contributed by atoms with Gasteiger partial charge in [0, 0.05) is 11.6 Å². The van der Waals surface area contributed by atoms with E-state index in [-0.39, 0.29) is 11.9 Å². The van der Waals surface area contributed by atoms with Crippen LogP contribution in [0.4, 0.5) is 0 Å². The minimum atomic E-state index is -0.0358. The number of hydrogen-bond acceptors (Lipinski definition) is 3. The Hall–Kier alpha value is -1.71. The molecule has 1 aliphatic heterocycles. The van der Waals surface area contributed by atoms with Gasteiger partial charge in [0.2, 0.25) is 0 Å². The van der Waals surface area contributed by atoms with Crippen LogP contribution in [0.15, 0.2) is 18.2 Å². The molecular formula is C14H17NO3. The Bertz CT molecular complexity index is 468. The van der Waals surface area contributed by atoms with Crippen LogP contribution >= 0.6 is 0 Å². The lowest BCUT2D eigenvalue weighted by Crippen LogP contribution is -2.34. The van der Waals surface area contributed by atoms with Crippen LogP contribution in [-0.2, 0) is 0 Å². The predicted molar refractivity (Wildman–Crippen MR) is 67.1 cm³/mol. The van der Waals surface area contributed by atoms with Crippen LogP contribution in [0.3, 0.4) is 0 Å². The monoisotopic (exact) mass is 247 g/mol. The van der Waals surface area contributed by atoms with E-state index in [4.69, 9.17) is 9.47 Å². The number of benzene rings is 1. The smallest absolute Gasteiger partial charge is 0.251 e. The quantitative estimate of drug-likeness (QED) is 0.888. The van der Waals surface area contributed by atoms with Crippen molar-refractivity contribution in [2.75, 3.05) is 13.2 Å². The molecule has 0 aromatic heterocycles. The summed E-state index contributed by atoms with van der Waals surface area (Å²) in [4.78, 5) is 12.1. The number of carbonyl (C=O) groups excluding carboxylic acids is 1. The summed E-state index contributed by atoms with van der Waals surface area (Å²) < 4.78 is 10.9. The standard InChI is InChI=1S/C14H17NO3/c1-9(10-2-3-10)15-14(16)11-4-5-12-13(8-11)18-7-6-17-12/h4-5,8-10H,2-3,6-7H2,1H3,(H,15,16)/t9-/m0/s1. The molecule has 1 amide bonds. The first kappa shape index (κ1) is 11.4.